The predicted molar refractivity (Wildman–Crippen MR) is 149 cm³/mol. The third kappa shape index (κ3) is 4.13. The first-order chi connectivity index (χ1) is 18.1. The van der Waals surface area contributed by atoms with Gasteiger partial charge in [0, 0.05) is 58.3 Å². The average molecular weight is 515 g/mol. The summed E-state index contributed by atoms with van der Waals surface area (Å²) in [5.41, 5.74) is 5.17. The highest BCUT2D eigenvalue weighted by Gasteiger charge is 2.30. The lowest BCUT2D eigenvalue weighted by Crippen LogP contribution is -2.38. The summed E-state index contributed by atoms with van der Waals surface area (Å²) in [7, 11) is 0. The maximum Gasteiger partial charge on any atom is 0.263 e. The molecular weight excluding hydrogens is 484 g/mol. The first-order valence-corrected chi connectivity index (χ1v) is 14.0. The Kier molecular flexibility index (Phi) is 5.75. The quantitative estimate of drug-likeness (QED) is 0.389. The van der Waals surface area contributed by atoms with Gasteiger partial charge in [-0.05, 0) is 56.2 Å². The average Bonchev–Trinajstić information content (AvgIpc) is 3.58. The molecule has 2 aromatic carbocycles. The molecular formula is C29H30N4O3S. The third-order valence-electron chi connectivity index (χ3n) is 7.79. The van der Waals surface area contributed by atoms with Gasteiger partial charge in [-0.2, -0.15) is 0 Å². The fraction of sp³-hybridized carbons (Fsp3) is 0.379. The van der Waals surface area contributed by atoms with Crippen molar-refractivity contribution in [2.75, 3.05) is 43.1 Å². The Bertz CT molecular complexity index is 1470. The molecule has 5 heterocycles. The molecule has 0 saturated carbocycles. The van der Waals surface area contributed by atoms with Crippen molar-refractivity contribution in [2.45, 2.75) is 32.1 Å². The number of amides is 1. The minimum absolute atomic E-state index is 0.00375. The summed E-state index contributed by atoms with van der Waals surface area (Å²) in [5.74, 6) is 0.494. The topological polar surface area (TPSA) is 75.7 Å². The molecule has 7 nitrogen and oxygen atoms in total. The van der Waals surface area contributed by atoms with Gasteiger partial charge in [0.1, 0.15) is 4.88 Å². The summed E-state index contributed by atoms with van der Waals surface area (Å²) in [6, 6.07) is 17.2. The summed E-state index contributed by atoms with van der Waals surface area (Å²) in [6.45, 7) is 6.22. The van der Waals surface area contributed by atoms with Crippen molar-refractivity contribution < 1.29 is 14.3 Å². The molecule has 3 aliphatic heterocycles. The fourth-order valence-corrected chi connectivity index (χ4v) is 6.91. The van der Waals surface area contributed by atoms with Gasteiger partial charge in [-0.25, -0.2) is 4.98 Å². The monoisotopic (exact) mass is 514 g/mol. The maximum atomic E-state index is 12.7. The van der Waals surface area contributed by atoms with Gasteiger partial charge < -0.3 is 25.0 Å². The standard InChI is InChI=1S/C29H30N4O3S/c1-17-16-30-26-25-21-6-7-22(32-23(21)8-9-24(25)37-27(26)28(34)31-17)18-2-4-20(5-3-18)33-12-10-19(11-13-33)29-35-14-15-36-29/h2-9,17,19,29-30H,10-16H2,1H3,(H,31,34)/t17-/m1/s1. The zero-order chi connectivity index (χ0) is 24.9. The summed E-state index contributed by atoms with van der Waals surface area (Å²) >= 11 is 1.54. The number of rotatable bonds is 3. The van der Waals surface area contributed by atoms with Crippen LogP contribution in [-0.2, 0) is 9.47 Å². The zero-order valence-corrected chi connectivity index (χ0v) is 21.6. The second-order valence-electron chi connectivity index (χ2n) is 10.2. The maximum absolute atomic E-state index is 12.7. The van der Waals surface area contributed by atoms with Crippen LogP contribution in [0.15, 0.2) is 48.5 Å². The van der Waals surface area contributed by atoms with E-state index < -0.39 is 0 Å². The van der Waals surface area contributed by atoms with E-state index in [0.717, 1.165) is 82.0 Å². The second-order valence-corrected chi connectivity index (χ2v) is 11.3. The van der Waals surface area contributed by atoms with E-state index in [4.69, 9.17) is 14.5 Å². The predicted octanol–water partition coefficient (Wildman–Crippen LogP) is 5.25. The van der Waals surface area contributed by atoms with Gasteiger partial charge in [-0.15, -0.1) is 11.3 Å². The van der Waals surface area contributed by atoms with Gasteiger partial charge in [-0.3, -0.25) is 4.79 Å². The smallest absolute Gasteiger partial charge is 0.263 e. The van der Waals surface area contributed by atoms with Crippen LogP contribution in [0, 0.1) is 5.92 Å². The van der Waals surface area contributed by atoms with Crippen molar-refractivity contribution >= 4 is 49.6 Å². The van der Waals surface area contributed by atoms with Gasteiger partial charge in [-0.1, -0.05) is 12.1 Å². The number of aromatic nitrogens is 1. The van der Waals surface area contributed by atoms with E-state index in [-0.39, 0.29) is 18.2 Å². The number of carbonyl (C=O) groups excluding carboxylic acids is 1. The number of hydrogen-bond donors (Lipinski definition) is 2. The third-order valence-corrected chi connectivity index (χ3v) is 8.94. The molecule has 7 rings (SSSR count). The number of fused-ring (bicyclic) bond motifs is 5. The van der Waals surface area contributed by atoms with Gasteiger partial charge in [0.25, 0.3) is 5.91 Å². The van der Waals surface area contributed by atoms with Crippen LogP contribution < -0.4 is 15.5 Å². The second kappa shape index (κ2) is 9.28. The number of ether oxygens (including phenoxy) is 2. The molecule has 190 valence electrons. The number of hydrogen-bond acceptors (Lipinski definition) is 7. The summed E-state index contributed by atoms with van der Waals surface area (Å²) in [5, 5.41) is 8.73. The molecule has 4 aromatic rings. The highest BCUT2D eigenvalue weighted by molar-refractivity contribution is 7.21. The minimum Gasteiger partial charge on any atom is -0.381 e. The number of nitrogens with one attached hydrogen (secondary N) is 2. The lowest BCUT2D eigenvalue weighted by Gasteiger charge is -2.35. The van der Waals surface area contributed by atoms with Crippen LogP contribution in [-0.4, -0.2) is 56.1 Å². The molecule has 3 aliphatic rings. The molecule has 2 aromatic heterocycles. The van der Waals surface area contributed by atoms with Crippen LogP contribution in [0.4, 0.5) is 11.4 Å². The van der Waals surface area contributed by atoms with Gasteiger partial charge >= 0.3 is 0 Å². The molecule has 2 saturated heterocycles. The number of benzene rings is 2. The van der Waals surface area contributed by atoms with Crippen LogP contribution in [0.1, 0.15) is 29.4 Å². The normalized spacial score (nSPS) is 21.2. The van der Waals surface area contributed by atoms with Crippen molar-refractivity contribution in [2.24, 2.45) is 5.92 Å². The molecule has 0 bridgehead atoms. The Labute approximate surface area is 219 Å². The van der Waals surface area contributed by atoms with Crippen LogP contribution in [0.25, 0.3) is 32.2 Å². The van der Waals surface area contributed by atoms with E-state index in [1.165, 1.54) is 17.0 Å². The number of thiophene rings is 1. The van der Waals surface area contributed by atoms with E-state index in [2.05, 4.69) is 64.1 Å². The number of carbonyl (C=O) groups is 1. The molecule has 1 amide bonds. The summed E-state index contributed by atoms with van der Waals surface area (Å²) < 4.78 is 12.5. The largest absolute Gasteiger partial charge is 0.381 e. The van der Waals surface area contributed by atoms with E-state index in [1.54, 1.807) is 0 Å². The van der Waals surface area contributed by atoms with E-state index >= 15 is 0 Å². The Balaban J connectivity index is 1.14. The summed E-state index contributed by atoms with van der Waals surface area (Å²) in [4.78, 5) is 20.9. The Morgan fingerprint density at radius 2 is 1.78 bits per heavy atom. The molecule has 1 atom stereocenters. The molecule has 0 unspecified atom stereocenters. The SMILES string of the molecule is C[C@@H]1CNc2c(sc3ccc4nc(-c5ccc(N6CCC(C7OCCO7)CC6)cc5)ccc4c23)C(=O)N1. The number of piperidine rings is 1. The van der Waals surface area contributed by atoms with Crippen LogP contribution in [0.5, 0.6) is 0 Å². The van der Waals surface area contributed by atoms with Gasteiger partial charge in [0.15, 0.2) is 6.29 Å². The Hall–Kier alpha value is -3.20. The van der Waals surface area contributed by atoms with Crippen LogP contribution in [0.3, 0.4) is 0 Å². The van der Waals surface area contributed by atoms with E-state index in [1.807, 2.05) is 6.92 Å². The first-order valence-electron chi connectivity index (χ1n) is 13.1. The first kappa shape index (κ1) is 23.0. The Morgan fingerprint density at radius 1 is 1.00 bits per heavy atom. The molecule has 2 N–H and O–H groups in total. The minimum atomic E-state index is -0.00902. The van der Waals surface area contributed by atoms with Crippen LogP contribution in [0.2, 0.25) is 0 Å². The highest BCUT2D eigenvalue weighted by atomic mass is 32.1. The molecule has 0 spiro atoms. The van der Waals surface area contributed by atoms with Gasteiger partial charge in [0.2, 0.25) is 0 Å². The highest BCUT2D eigenvalue weighted by Crippen LogP contribution is 2.41. The number of pyridine rings is 1. The lowest BCUT2D eigenvalue weighted by atomic mass is 9.95. The van der Waals surface area contributed by atoms with Crippen molar-refractivity contribution in [3.63, 3.8) is 0 Å². The lowest BCUT2D eigenvalue weighted by molar-refractivity contribution is -0.0889. The zero-order valence-electron chi connectivity index (χ0n) is 20.8. The molecule has 37 heavy (non-hydrogen) atoms. The molecule has 0 radical (unpaired) electrons. The van der Waals surface area contributed by atoms with Gasteiger partial charge in [0.05, 0.1) is 30.1 Å². The fourth-order valence-electron chi connectivity index (χ4n) is 5.81. The van der Waals surface area contributed by atoms with Crippen molar-refractivity contribution in [3.8, 4) is 11.3 Å². The van der Waals surface area contributed by atoms with Crippen LogP contribution >= 0.6 is 11.3 Å². The summed E-state index contributed by atoms with van der Waals surface area (Å²) in [6.07, 6.45) is 2.18. The molecule has 0 aliphatic carbocycles. The number of nitrogens with zero attached hydrogens (tertiary/aromatic N) is 2. The molecule has 8 heteroatoms. The Morgan fingerprint density at radius 3 is 2.57 bits per heavy atom. The van der Waals surface area contributed by atoms with E-state index in [9.17, 15) is 4.79 Å². The number of anilines is 2. The van der Waals surface area contributed by atoms with Crippen molar-refractivity contribution in [3.05, 3.63) is 53.4 Å². The van der Waals surface area contributed by atoms with Crippen molar-refractivity contribution in [1.82, 2.24) is 10.3 Å². The van der Waals surface area contributed by atoms with Crippen molar-refractivity contribution in [1.29, 1.82) is 0 Å². The van der Waals surface area contributed by atoms with E-state index in [0.29, 0.717) is 12.5 Å². The molecule has 2 fully saturated rings.